The number of aromatic nitrogens is 3. The number of ether oxygens (including phenoxy) is 1. The van der Waals surface area contributed by atoms with Crippen LogP contribution >= 0.6 is 11.3 Å². The van der Waals surface area contributed by atoms with E-state index in [4.69, 9.17) is 4.74 Å². The lowest BCUT2D eigenvalue weighted by molar-refractivity contribution is 0.0776. The standard InChI is InChI=1S/C20H22N4O3S/c1-13-10-16(11-17(25)22(13)3)27-15-6-9-24(12-15)19(26)18-14(2)21-20(28-18)23-7-4-5-8-23/h4-5,7-8,10-11,15H,6,9,12H2,1-3H3. The Labute approximate surface area is 166 Å². The smallest absolute Gasteiger partial charge is 0.266 e. The largest absolute Gasteiger partial charge is 0.488 e. The van der Waals surface area contributed by atoms with Gasteiger partial charge in [0.1, 0.15) is 16.7 Å². The highest BCUT2D eigenvalue weighted by Gasteiger charge is 2.30. The van der Waals surface area contributed by atoms with E-state index in [1.54, 1.807) is 16.5 Å². The van der Waals surface area contributed by atoms with Crippen LogP contribution in [0.25, 0.3) is 5.13 Å². The SMILES string of the molecule is Cc1nc(-n2cccc2)sc1C(=O)N1CCC(Oc2cc(C)n(C)c(=O)c2)C1. The van der Waals surface area contributed by atoms with Crippen molar-refractivity contribution in [1.29, 1.82) is 0 Å². The van der Waals surface area contributed by atoms with Gasteiger partial charge in [-0.15, -0.1) is 0 Å². The van der Waals surface area contributed by atoms with Crippen LogP contribution in [-0.2, 0) is 7.05 Å². The first-order valence-electron chi connectivity index (χ1n) is 9.17. The van der Waals surface area contributed by atoms with Gasteiger partial charge in [-0.05, 0) is 32.0 Å². The molecule has 4 rings (SSSR count). The molecule has 3 aromatic heterocycles. The second-order valence-corrected chi connectivity index (χ2v) is 7.99. The summed E-state index contributed by atoms with van der Waals surface area (Å²) < 4.78 is 9.46. The molecular formula is C20H22N4O3S. The topological polar surface area (TPSA) is 69.4 Å². The summed E-state index contributed by atoms with van der Waals surface area (Å²) >= 11 is 1.40. The van der Waals surface area contributed by atoms with Crippen LogP contribution in [0, 0.1) is 13.8 Å². The summed E-state index contributed by atoms with van der Waals surface area (Å²) in [6.07, 6.45) is 4.45. The molecule has 3 aromatic rings. The molecule has 0 aliphatic carbocycles. The number of amides is 1. The van der Waals surface area contributed by atoms with Crippen LogP contribution in [0.5, 0.6) is 5.75 Å². The van der Waals surface area contributed by atoms with Crippen molar-refractivity contribution in [3.63, 3.8) is 0 Å². The molecule has 1 fully saturated rings. The molecule has 0 spiro atoms. The van der Waals surface area contributed by atoms with Gasteiger partial charge in [-0.25, -0.2) is 4.98 Å². The Bertz CT molecular complexity index is 1070. The first kappa shape index (κ1) is 18.5. The molecule has 1 amide bonds. The maximum absolute atomic E-state index is 13.0. The number of likely N-dealkylation sites (tertiary alicyclic amines) is 1. The van der Waals surface area contributed by atoms with Crippen molar-refractivity contribution in [2.75, 3.05) is 13.1 Å². The molecule has 1 aliphatic rings. The molecule has 0 radical (unpaired) electrons. The van der Waals surface area contributed by atoms with Crippen molar-refractivity contribution in [3.8, 4) is 10.9 Å². The Morgan fingerprint density at radius 1 is 1.25 bits per heavy atom. The lowest BCUT2D eigenvalue weighted by Gasteiger charge is -2.17. The molecule has 1 aliphatic heterocycles. The molecule has 146 valence electrons. The minimum Gasteiger partial charge on any atom is -0.488 e. The molecule has 1 atom stereocenters. The van der Waals surface area contributed by atoms with Crippen molar-refractivity contribution < 1.29 is 9.53 Å². The van der Waals surface area contributed by atoms with Crippen LogP contribution in [0.15, 0.2) is 41.5 Å². The van der Waals surface area contributed by atoms with Gasteiger partial charge in [-0.1, -0.05) is 11.3 Å². The van der Waals surface area contributed by atoms with Gasteiger partial charge in [0.05, 0.1) is 12.2 Å². The van der Waals surface area contributed by atoms with Crippen molar-refractivity contribution in [1.82, 2.24) is 19.0 Å². The zero-order chi connectivity index (χ0) is 19.8. The van der Waals surface area contributed by atoms with E-state index in [1.807, 2.05) is 49.0 Å². The fourth-order valence-electron chi connectivity index (χ4n) is 3.30. The summed E-state index contributed by atoms with van der Waals surface area (Å²) in [5.74, 6) is 0.545. The average Bonchev–Trinajstić information content (AvgIpc) is 3.39. The Morgan fingerprint density at radius 2 is 2.00 bits per heavy atom. The highest BCUT2D eigenvalue weighted by atomic mass is 32.1. The molecule has 1 unspecified atom stereocenters. The summed E-state index contributed by atoms with van der Waals surface area (Å²) in [6, 6.07) is 7.20. The summed E-state index contributed by atoms with van der Waals surface area (Å²) in [4.78, 5) is 31.9. The summed E-state index contributed by atoms with van der Waals surface area (Å²) in [5.41, 5.74) is 1.48. The summed E-state index contributed by atoms with van der Waals surface area (Å²) in [7, 11) is 1.73. The zero-order valence-electron chi connectivity index (χ0n) is 16.1. The predicted molar refractivity (Wildman–Crippen MR) is 108 cm³/mol. The lowest BCUT2D eigenvalue weighted by atomic mass is 10.3. The molecule has 7 nitrogen and oxygen atoms in total. The highest BCUT2D eigenvalue weighted by Crippen LogP contribution is 2.26. The number of thiazole rings is 1. The molecule has 1 saturated heterocycles. The van der Waals surface area contributed by atoms with Crippen molar-refractivity contribution in [2.24, 2.45) is 7.05 Å². The third-order valence-electron chi connectivity index (χ3n) is 5.02. The lowest BCUT2D eigenvalue weighted by Crippen LogP contribution is -2.31. The quantitative estimate of drug-likeness (QED) is 0.677. The predicted octanol–water partition coefficient (Wildman–Crippen LogP) is 2.54. The Balaban J connectivity index is 1.46. The Morgan fingerprint density at radius 3 is 2.71 bits per heavy atom. The molecule has 0 bridgehead atoms. The van der Waals surface area contributed by atoms with E-state index in [-0.39, 0.29) is 17.6 Å². The van der Waals surface area contributed by atoms with Gasteiger partial charge in [0.2, 0.25) is 0 Å². The minimum absolute atomic E-state index is 0.0142. The minimum atomic E-state index is -0.118. The summed E-state index contributed by atoms with van der Waals surface area (Å²) in [5, 5.41) is 0.786. The third-order valence-corrected chi connectivity index (χ3v) is 6.18. The van der Waals surface area contributed by atoms with Crippen LogP contribution in [0.3, 0.4) is 0 Å². The summed E-state index contributed by atoms with van der Waals surface area (Å²) in [6.45, 7) is 4.86. The van der Waals surface area contributed by atoms with Gasteiger partial charge in [0.15, 0.2) is 5.13 Å². The van der Waals surface area contributed by atoms with Crippen molar-refractivity contribution in [2.45, 2.75) is 26.4 Å². The van der Waals surface area contributed by atoms with E-state index in [0.29, 0.717) is 23.7 Å². The number of hydrogen-bond acceptors (Lipinski definition) is 5. The number of nitrogens with zero attached hydrogens (tertiary/aromatic N) is 4. The molecule has 8 heteroatoms. The number of carbonyl (C=O) groups is 1. The molecular weight excluding hydrogens is 376 g/mol. The Hall–Kier alpha value is -2.87. The fourth-order valence-corrected chi connectivity index (χ4v) is 4.30. The number of carbonyl (C=O) groups excluding carboxylic acids is 1. The van der Waals surface area contributed by atoms with E-state index < -0.39 is 0 Å². The van der Waals surface area contributed by atoms with Crippen LogP contribution in [-0.4, -0.2) is 44.1 Å². The second kappa shape index (κ2) is 7.27. The van der Waals surface area contributed by atoms with Gasteiger partial charge in [-0.2, -0.15) is 0 Å². The molecule has 0 N–H and O–H groups in total. The third kappa shape index (κ3) is 3.47. The second-order valence-electron chi connectivity index (χ2n) is 7.01. The number of aryl methyl sites for hydroxylation is 2. The zero-order valence-corrected chi connectivity index (χ0v) is 16.9. The van der Waals surface area contributed by atoms with E-state index >= 15 is 0 Å². The number of rotatable bonds is 4. The first-order chi connectivity index (χ1) is 13.4. The van der Waals surface area contributed by atoms with Crippen molar-refractivity contribution >= 4 is 17.2 Å². The first-order valence-corrected chi connectivity index (χ1v) is 9.98. The Kier molecular flexibility index (Phi) is 4.80. The monoisotopic (exact) mass is 398 g/mol. The average molecular weight is 398 g/mol. The van der Waals surface area contributed by atoms with Crippen LogP contribution in [0.4, 0.5) is 0 Å². The molecule has 0 aromatic carbocycles. The van der Waals surface area contributed by atoms with Gasteiger partial charge < -0.3 is 18.8 Å². The number of pyridine rings is 1. The molecule has 4 heterocycles. The van der Waals surface area contributed by atoms with Gasteiger partial charge in [-0.3, -0.25) is 9.59 Å². The van der Waals surface area contributed by atoms with Crippen LogP contribution in [0.2, 0.25) is 0 Å². The number of hydrogen-bond donors (Lipinski definition) is 0. The maximum atomic E-state index is 13.0. The van der Waals surface area contributed by atoms with E-state index in [9.17, 15) is 9.59 Å². The van der Waals surface area contributed by atoms with Gasteiger partial charge in [0, 0.05) is 44.2 Å². The van der Waals surface area contributed by atoms with Crippen molar-refractivity contribution in [3.05, 3.63) is 63.3 Å². The van der Waals surface area contributed by atoms with Crippen LogP contribution in [0.1, 0.15) is 27.5 Å². The van der Waals surface area contributed by atoms with Gasteiger partial charge in [0.25, 0.3) is 11.5 Å². The molecule has 0 saturated carbocycles. The normalized spacial score (nSPS) is 16.5. The highest BCUT2D eigenvalue weighted by molar-refractivity contribution is 7.16. The van der Waals surface area contributed by atoms with E-state index in [0.717, 1.165) is 22.9 Å². The van der Waals surface area contributed by atoms with E-state index in [1.165, 1.54) is 17.4 Å². The van der Waals surface area contributed by atoms with Crippen LogP contribution < -0.4 is 10.3 Å². The maximum Gasteiger partial charge on any atom is 0.266 e. The fraction of sp³-hybridized carbons (Fsp3) is 0.350. The molecule has 28 heavy (non-hydrogen) atoms. The van der Waals surface area contributed by atoms with Gasteiger partial charge >= 0.3 is 0 Å². The van der Waals surface area contributed by atoms with E-state index in [2.05, 4.69) is 4.98 Å².